The van der Waals surface area contributed by atoms with Gasteiger partial charge in [0.25, 0.3) is 0 Å². The largest absolute Gasteiger partial charge is 0.509 e. The van der Waals surface area contributed by atoms with Crippen LogP contribution in [0.5, 0.6) is 0 Å². The summed E-state index contributed by atoms with van der Waals surface area (Å²) in [6.45, 7) is 5.12. The minimum atomic E-state index is -1.35. The van der Waals surface area contributed by atoms with E-state index in [0.717, 1.165) is 0 Å². The highest BCUT2D eigenvalue weighted by Gasteiger charge is 2.16. The molecule has 0 atom stereocenters. The summed E-state index contributed by atoms with van der Waals surface area (Å²) in [6.07, 6.45) is 0.778. The molecule has 16 heavy (non-hydrogen) atoms. The summed E-state index contributed by atoms with van der Waals surface area (Å²) in [5.41, 5.74) is -0.590. The minimum absolute atomic E-state index is 0.0118. The molecule has 0 fully saturated rings. The third kappa shape index (κ3) is 10.4. The second-order valence-corrected chi connectivity index (χ2v) is 3.82. The summed E-state index contributed by atoms with van der Waals surface area (Å²) in [6, 6.07) is 0. The van der Waals surface area contributed by atoms with E-state index in [1.54, 1.807) is 20.8 Å². The quantitative estimate of drug-likeness (QED) is 0.591. The molecule has 0 aromatic carbocycles. The Hall–Kier alpha value is -1.72. The van der Waals surface area contributed by atoms with Crippen molar-refractivity contribution < 1.29 is 28.9 Å². The first-order valence-corrected chi connectivity index (χ1v) is 4.68. The predicted octanol–water partition coefficient (Wildman–Crippen LogP) is 2.19. The summed E-state index contributed by atoms with van der Waals surface area (Å²) < 4.78 is 13.7. The predicted molar refractivity (Wildman–Crippen MR) is 55.3 cm³/mol. The van der Waals surface area contributed by atoms with Crippen molar-refractivity contribution in [3.63, 3.8) is 0 Å². The lowest BCUT2D eigenvalue weighted by molar-refractivity contribution is -0.00252. The number of rotatable bonds is 4. The maximum absolute atomic E-state index is 11.0. The van der Waals surface area contributed by atoms with Crippen molar-refractivity contribution in [1.82, 2.24) is 0 Å². The SMILES string of the molecule is CC(C)(C)OC(=O)OCC=CCOC(=O)O. The summed E-state index contributed by atoms with van der Waals surface area (Å²) in [4.78, 5) is 20.9. The molecule has 0 aliphatic carbocycles. The zero-order valence-corrected chi connectivity index (χ0v) is 9.56. The molecule has 6 heteroatoms. The number of ether oxygens (including phenoxy) is 3. The molecular formula is C10H16O6. The second kappa shape index (κ2) is 6.71. The van der Waals surface area contributed by atoms with Crippen molar-refractivity contribution in [2.75, 3.05) is 13.2 Å². The van der Waals surface area contributed by atoms with E-state index in [4.69, 9.17) is 9.84 Å². The van der Waals surface area contributed by atoms with Crippen LogP contribution in [0, 0.1) is 0 Å². The molecule has 0 heterocycles. The number of carbonyl (C=O) groups excluding carboxylic acids is 1. The Kier molecular flexibility index (Phi) is 5.99. The van der Waals surface area contributed by atoms with Gasteiger partial charge in [-0.1, -0.05) is 0 Å². The van der Waals surface area contributed by atoms with Crippen LogP contribution < -0.4 is 0 Å². The highest BCUT2D eigenvalue weighted by molar-refractivity contribution is 5.60. The third-order valence-electron chi connectivity index (χ3n) is 1.16. The van der Waals surface area contributed by atoms with Gasteiger partial charge in [0, 0.05) is 0 Å². The first-order valence-electron chi connectivity index (χ1n) is 4.68. The first kappa shape index (κ1) is 14.3. The Morgan fingerprint density at radius 3 is 2.06 bits per heavy atom. The van der Waals surface area contributed by atoms with Gasteiger partial charge in [-0.25, -0.2) is 9.59 Å². The Bertz CT molecular complexity index is 263. The van der Waals surface area contributed by atoms with E-state index in [9.17, 15) is 9.59 Å². The van der Waals surface area contributed by atoms with Crippen molar-refractivity contribution in [3.8, 4) is 0 Å². The van der Waals surface area contributed by atoms with Gasteiger partial charge in [-0.3, -0.25) is 0 Å². The summed E-state index contributed by atoms with van der Waals surface area (Å²) in [7, 11) is 0. The van der Waals surface area contributed by atoms with E-state index in [-0.39, 0.29) is 13.2 Å². The molecule has 0 radical (unpaired) electrons. The number of carbonyl (C=O) groups is 2. The molecule has 0 unspecified atom stereocenters. The van der Waals surface area contributed by atoms with Gasteiger partial charge < -0.3 is 19.3 Å². The van der Waals surface area contributed by atoms with Crippen LogP contribution in [-0.4, -0.2) is 36.2 Å². The van der Waals surface area contributed by atoms with Crippen molar-refractivity contribution in [2.45, 2.75) is 26.4 Å². The lowest BCUT2D eigenvalue weighted by Gasteiger charge is -2.18. The molecule has 1 N–H and O–H groups in total. The highest BCUT2D eigenvalue weighted by Crippen LogP contribution is 2.07. The van der Waals surface area contributed by atoms with Crippen molar-refractivity contribution in [2.24, 2.45) is 0 Å². The van der Waals surface area contributed by atoms with Crippen LogP contribution in [-0.2, 0) is 14.2 Å². The molecule has 0 saturated heterocycles. The molecule has 0 spiro atoms. The lowest BCUT2D eigenvalue weighted by Crippen LogP contribution is -2.24. The summed E-state index contributed by atoms with van der Waals surface area (Å²) in [5.74, 6) is 0. The van der Waals surface area contributed by atoms with Gasteiger partial charge in [0.1, 0.15) is 18.8 Å². The lowest BCUT2D eigenvalue weighted by atomic mass is 10.2. The van der Waals surface area contributed by atoms with E-state index in [1.807, 2.05) is 0 Å². The fraction of sp³-hybridized carbons (Fsp3) is 0.600. The molecule has 0 bridgehead atoms. The van der Waals surface area contributed by atoms with Gasteiger partial charge in [0.05, 0.1) is 0 Å². The highest BCUT2D eigenvalue weighted by atomic mass is 16.7. The normalized spacial score (nSPS) is 11.2. The van der Waals surface area contributed by atoms with Crippen molar-refractivity contribution in [1.29, 1.82) is 0 Å². The van der Waals surface area contributed by atoms with Gasteiger partial charge in [0.2, 0.25) is 0 Å². The van der Waals surface area contributed by atoms with E-state index in [0.29, 0.717) is 0 Å². The van der Waals surface area contributed by atoms with Gasteiger partial charge in [-0.05, 0) is 32.9 Å². The smallest absolute Gasteiger partial charge is 0.450 e. The average molecular weight is 232 g/mol. The van der Waals surface area contributed by atoms with Gasteiger partial charge in [-0.2, -0.15) is 0 Å². The van der Waals surface area contributed by atoms with Crippen LogP contribution in [0.15, 0.2) is 12.2 Å². The zero-order valence-electron chi connectivity index (χ0n) is 9.56. The molecule has 0 aromatic rings. The molecular weight excluding hydrogens is 216 g/mol. The molecule has 92 valence electrons. The van der Waals surface area contributed by atoms with E-state index >= 15 is 0 Å². The molecule has 6 nitrogen and oxygen atoms in total. The van der Waals surface area contributed by atoms with E-state index in [2.05, 4.69) is 9.47 Å². The van der Waals surface area contributed by atoms with Gasteiger partial charge in [0.15, 0.2) is 0 Å². The third-order valence-corrected chi connectivity index (χ3v) is 1.16. The Balaban J connectivity index is 3.58. The van der Waals surface area contributed by atoms with Crippen LogP contribution in [0.25, 0.3) is 0 Å². The molecule has 0 aromatic heterocycles. The second-order valence-electron chi connectivity index (χ2n) is 3.82. The van der Waals surface area contributed by atoms with Gasteiger partial charge >= 0.3 is 12.3 Å². The van der Waals surface area contributed by atoms with Crippen molar-refractivity contribution in [3.05, 3.63) is 12.2 Å². The van der Waals surface area contributed by atoms with Gasteiger partial charge in [-0.15, -0.1) is 0 Å². The fourth-order valence-corrected chi connectivity index (χ4v) is 0.651. The number of hydrogen-bond donors (Lipinski definition) is 1. The Morgan fingerprint density at radius 1 is 1.12 bits per heavy atom. The number of hydrogen-bond acceptors (Lipinski definition) is 5. The van der Waals surface area contributed by atoms with Crippen LogP contribution in [0.3, 0.4) is 0 Å². The van der Waals surface area contributed by atoms with E-state index < -0.39 is 17.9 Å². The maximum Gasteiger partial charge on any atom is 0.509 e. The zero-order chi connectivity index (χ0) is 12.6. The molecule has 0 rings (SSSR count). The average Bonchev–Trinajstić information content (AvgIpc) is 2.07. The summed E-state index contributed by atoms with van der Waals surface area (Å²) >= 11 is 0. The monoisotopic (exact) mass is 232 g/mol. The standard InChI is InChI=1S/C10H16O6/c1-10(2,3)16-9(13)15-7-5-4-6-14-8(11)12/h4-5H,6-7H2,1-3H3,(H,11,12). The molecule has 0 aliphatic rings. The van der Waals surface area contributed by atoms with Crippen LogP contribution in [0.4, 0.5) is 9.59 Å². The molecule has 0 aliphatic heterocycles. The maximum atomic E-state index is 11.0. The van der Waals surface area contributed by atoms with Crippen molar-refractivity contribution >= 4 is 12.3 Å². The van der Waals surface area contributed by atoms with Crippen LogP contribution >= 0.6 is 0 Å². The molecule has 0 saturated carbocycles. The van der Waals surface area contributed by atoms with Crippen LogP contribution in [0.1, 0.15) is 20.8 Å². The topological polar surface area (TPSA) is 82.1 Å². The number of carboxylic acid groups (broad SMARTS) is 1. The first-order chi connectivity index (χ1) is 7.31. The minimum Gasteiger partial charge on any atom is -0.450 e. The van der Waals surface area contributed by atoms with E-state index in [1.165, 1.54) is 12.2 Å². The Morgan fingerprint density at radius 2 is 1.62 bits per heavy atom. The Labute approximate surface area is 93.8 Å². The summed E-state index contributed by atoms with van der Waals surface area (Å²) in [5, 5.41) is 8.12. The fourth-order valence-electron chi connectivity index (χ4n) is 0.651. The van der Waals surface area contributed by atoms with Crippen LogP contribution in [0.2, 0.25) is 0 Å². The molecule has 0 amide bonds.